The van der Waals surface area contributed by atoms with Crippen LogP contribution in [0.25, 0.3) is 11.4 Å². The molecule has 0 amide bonds. The van der Waals surface area contributed by atoms with Crippen molar-refractivity contribution in [3.05, 3.63) is 28.5 Å². The van der Waals surface area contributed by atoms with Crippen molar-refractivity contribution in [2.75, 3.05) is 18.0 Å². The average molecular weight is 340 g/mol. The Kier molecular flexibility index (Phi) is 3.71. The lowest BCUT2D eigenvalue weighted by Gasteiger charge is -2.28. The molecule has 2 heterocycles. The maximum atomic E-state index is 13.8. The molecule has 0 aliphatic carbocycles. The average Bonchev–Trinajstić information content (AvgIpc) is 2.92. The van der Waals surface area contributed by atoms with Crippen LogP contribution in [0.3, 0.4) is 0 Å². The first-order chi connectivity index (χ1) is 9.63. The Morgan fingerprint density at radius 2 is 2.10 bits per heavy atom. The van der Waals surface area contributed by atoms with Crippen molar-refractivity contribution in [2.24, 2.45) is 5.73 Å². The number of anilines is 1. The number of hydrogen-bond acceptors (Lipinski definition) is 4. The minimum atomic E-state index is -0.323. The van der Waals surface area contributed by atoms with Crippen LogP contribution in [0.5, 0.6) is 0 Å². The quantitative estimate of drug-likeness (QED) is 0.880. The number of halogens is 2. The molecular formula is C13H15BrFN5. The first kappa shape index (κ1) is 13.5. The van der Waals surface area contributed by atoms with Gasteiger partial charge in [0.25, 0.3) is 0 Å². The highest BCUT2D eigenvalue weighted by atomic mass is 79.9. The number of aromatic amines is 1. The number of nitrogens with two attached hydrogens (primary N) is 1. The van der Waals surface area contributed by atoms with Gasteiger partial charge in [0.1, 0.15) is 5.82 Å². The topological polar surface area (TPSA) is 70.8 Å². The molecule has 1 saturated heterocycles. The van der Waals surface area contributed by atoms with E-state index in [2.05, 4.69) is 36.0 Å². The zero-order chi connectivity index (χ0) is 14.1. The number of benzene rings is 1. The van der Waals surface area contributed by atoms with Crippen molar-refractivity contribution in [3.8, 4) is 11.4 Å². The summed E-state index contributed by atoms with van der Waals surface area (Å²) in [6, 6.07) is 5.00. The van der Waals surface area contributed by atoms with Gasteiger partial charge in [-0.05, 0) is 31.0 Å². The van der Waals surface area contributed by atoms with Crippen LogP contribution >= 0.6 is 15.9 Å². The van der Waals surface area contributed by atoms with E-state index in [4.69, 9.17) is 5.73 Å². The Morgan fingerprint density at radius 1 is 1.35 bits per heavy atom. The first-order valence-electron chi connectivity index (χ1n) is 6.52. The molecule has 20 heavy (non-hydrogen) atoms. The summed E-state index contributed by atoms with van der Waals surface area (Å²) in [6.45, 7) is 1.67. The fourth-order valence-electron chi connectivity index (χ4n) is 2.29. The van der Waals surface area contributed by atoms with E-state index in [-0.39, 0.29) is 11.9 Å². The SMILES string of the molecule is NC1CCN(c2n[nH]c(-c3cc(Br)ccc3F)n2)CC1. The Bertz CT molecular complexity index is 607. The Hall–Kier alpha value is -1.47. The predicted octanol–water partition coefficient (Wildman–Crippen LogP) is 2.30. The molecule has 5 nitrogen and oxygen atoms in total. The number of hydrogen-bond donors (Lipinski definition) is 2. The summed E-state index contributed by atoms with van der Waals surface area (Å²) >= 11 is 3.33. The van der Waals surface area contributed by atoms with Gasteiger partial charge in [-0.1, -0.05) is 15.9 Å². The number of rotatable bonds is 2. The van der Waals surface area contributed by atoms with Crippen molar-refractivity contribution >= 4 is 21.9 Å². The van der Waals surface area contributed by atoms with Crippen LogP contribution in [0, 0.1) is 5.82 Å². The second kappa shape index (κ2) is 5.49. The van der Waals surface area contributed by atoms with Crippen LogP contribution in [0.1, 0.15) is 12.8 Å². The van der Waals surface area contributed by atoms with E-state index in [0.29, 0.717) is 17.3 Å². The maximum absolute atomic E-state index is 13.8. The molecule has 3 N–H and O–H groups in total. The minimum Gasteiger partial charge on any atom is -0.339 e. The Balaban J connectivity index is 1.85. The van der Waals surface area contributed by atoms with Crippen molar-refractivity contribution in [3.63, 3.8) is 0 Å². The van der Waals surface area contributed by atoms with Gasteiger partial charge in [0.05, 0.1) is 5.56 Å². The zero-order valence-electron chi connectivity index (χ0n) is 10.8. The standard InChI is InChI=1S/C13H15BrFN5/c14-8-1-2-11(15)10(7-8)12-17-13(19-18-12)20-5-3-9(16)4-6-20/h1-2,7,9H,3-6,16H2,(H,17,18,19). The summed E-state index contributed by atoms with van der Waals surface area (Å²) in [6.07, 6.45) is 1.85. The fourth-order valence-corrected chi connectivity index (χ4v) is 2.65. The summed E-state index contributed by atoms with van der Waals surface area (Å²) in [7, 11) is 0. The van der Waals surface area contributed by atoms with Gasteiger partial charge in [0.2, 0.25) is 5.95 Å². The van der Waals surface area contributed by atoms with Crippen molar-refractivity contribution in [2.45, 2.75) is 18.9 Å². The molecule has 1 aromatic heterocycles. The van der Waals surface area contributed by atoms with Crippen LogP contribution in [-0.2, 0) is 0 Å². The van der Waals surface area contributed by atoms with E-state index in [1.165, 1.54) is 6.07 Å². The summed E-state index contributed by atoms with van der Waals surface area (Å²) in [5.74, 6) is 0.719. The molecule has 1 aromatic carbocycles. The smallest absolute Gasteiger partial charge is 0.245 e. The molecule has 1 fully saturated rings. The number of aromatic nitrogens is 3. The third-order valence-electron chi connectivity index (χ3n) is 3.48. The monoisotopic (exact) mass is 339 g/mol. The minimum absolute atomic E-state index is 0.257. The molecule has 1 aliphatic heterocycles. The van der Waals surface area contributed by atoms with Crippen molar-refractivity contribution < 1.29 is 4.39 Å². The van der Waals surface area contributed by atoms with Crippen LogP contribution in [0.4, 0.5) is 10.3 Å². The molecule has 0 atom stereocenters. The van der Waals surface area contributed by atoms with Crippen molar-refractivity contribution in [1.29, 1.82) is 0 Å². The zero-order valence-corrected chi connectivity index (χ0v) is 12.4. The second-order valence-electron chi connectivity index (χ2n) is 4.93. The van der Waals surface area contributed by atoms with E-state index >= 15 is 0 Å². The number of nitrogens with one attached hydrogen (secondary N) is 1. The molecule has 0 spiro atoms. The van der Waals surface area contributed by atoms with Crippen LogP contribution in [-0.4, -0.2) is 34.3 Å². The first-order valence-corrected chi connectivity index (χ1v) is 7.31. The Labute approximate surface area is 124 Å². The normalized spacial score (nSPS) is 16.6. The molecular weight excluding hydrogens is 325 g/mol. The van der Waals surface area contributed by atoms with Gasteiger partial charge in [0.15, 0.2) is 5.82 Å². The fraction of sp³-hybridized carbons (Fsp3) is 0.385. The molecule has 0 radical (unpaired) electrons. The predicted molar refractivity (Wildman–Crippen MR) is 78.9 cm³/mol. The molecule has 0 unspecified atom stereocenters. The van der Waals surface area contributed by atoms with Gasteiger partial charge in [-0.2, -0.15) is 4.98 Å². The van der Waals surface area contributed by atoms with Gasteiger partial charge in [-0.3, -0.25) is 5.10 Å². The van der Waals surface area contributed by atoms with Gasteiger partial charge in [-0.25, -0.2) is 4.39 Å². The molecule has 7 heteroatoms. The third kappa shape index (κ3) is 2.69. The molecule has 0 bridgehead atoms. The lowest BCUT2D eigenvalue weighted by molar-refractivity contribution is 0.496. The molecule has 3 rings (SSSR count). The van der Waals surface area contributed by atoms with Gasteiger partial charge >= 0.3 is 0 Å². The summed E-state index contributed by atoms with van der Waals surface area (Å²) in [5.41, 5.74) is 6.29. The van der Waals surface area contributed by atoms with E-state index in [1.54, 1.807) is 12.1 Å². The van der Waals surface area contributed by atoms with E-state index < -0.39 is 0 Å². The summed E-state index contributed by atoms with van der Waals surface area (Å²) in [5, 5.41) is 6.98. The summed E-state index contributed by atoms with van der Waals surface area (Å²) < 4.78 is 14.6. The highest BCUT2D eigenvalue weighted by molar-refractivity contribution is 9.10. The van der Waals surface area contributed by atoms with Gasteiger partial charge in [0, 0.05) is 23.6 Å². The van der Waals surface area contributed by atoms with Crippen LogP contribution in [0.15, 0.2) is 22.7 Å². The third-order valence-corrected chi connectivity index (χ3v) is 3.97. The maximum Gasteiger partial charge on any atom is 0.245 e. The second-order valence-corrected chi connectivity index (χ2v) is 5.85. The van der Waals surface area contributed by atoms with Crippen LogP contribution in [0.2, 0.25) is 0 Å². The highest BCUT2D eigenvalue weighted by Crippen LogP contribution is 2.25. The van der Waals surface area contributed by atoms with Gasteiger partial charge < -0.3 is 10.6 Å². The molecule has 2 aromatic rings. The largest absolute Gasteiger partial charge is 0.339 e. The van der Waals surface area contributed by atoms with E-state index in [9.17, 15) is 4.39 Å². The van der Waals surface area contributed by atoms with Crippen LogP contribution < -0.4 is 10.6 Å². The number of H-pyrrole nitrogens is 1. The molecule has 1 aliphatic rings. The molecule has 0 saturated carbocycles. The van der Waals surface area contributed by atoms with E-state index in [0.717, 1.165) is 30.4 Å². The number of piperidine rings is 1. The highest BCUT2D eigenvalue weighted by Gasteiger charge is 2.20. The Morgan fingerprint density at radius 3 is 2.85 bits per heavy atom. The lowest BCUT2D eigenvalue weighted by Crippen LogP contribution is -2.40. The van der Waals surface area contributed by atoms with Gasteiger partial charge in [-0.15, -0.1) is 5.10 Å². The van der Waals surface area contributed by atoms with E-state index in [1.807, 2.05) is 0 Å². The summed E-state index contributed by atoms with van der Waals surface area (Å²) in [4.78, 5) is 6.46. The van der Waals surface area contributed by atoms with Crippen molar-refractivity contribution in [1.82, 2.24) is 15.2 Å². The number of nitrogens with zero attached hydrogens (tertiary/aromatic N) is 3. The lowest BCUT2D eigenvalue weighted by atomic mass is 10.1. The molecule has 106 valence electrons.